The van der Waals surface area contributed by atoms with E-state index in [0.717, 1.165) is 32.0 Å². The van der Waals surface area contributed by atoms with Crippen LogP contribution >= 0.6 is 39.3 Å². The van der Waals surface area contributed by atoms with Gasteiger partial charge in [0, 0.05) is 37.0 Å². The maximum atomic E-state index is 12.1. The van der Waals surface area contributed by atoms with Gasteiger partial charge in [-0.3, -0.25) is 4.79 Å². The lowest BCUT2D eigenvalue weighted by atomic mass is 10.2. The van der Waals surface area contributed by atoms with Crippen LogP contribution in [-0.4, -0.2) is 22.4 Å². The Morgan fingerprint density at radius 2 is 1.90 bits per heavy atom. The summed E-state index contributed by atoms with van der Waals surface area (Å²) in [5.41, 5.74) is 7.97. The number of aryl methyl sites for hydroxylation is 1. The zero-order valence-corrected chi connectivity index (χ0v) is 19.5. The highest BCUT2D eigenvalue weighted by atomic mass is 79.9. The molecule has 0 radical (unpaired) electrons. The Hall–Kier alpha value is -2.02. The van der Waals surface area contributed by atoms with Crippen molar-refractivity contribution in [3.05, 3.63) is 80.5 Å². The van der Waals surface area contributed by atoms with Gasteiger partial charge in [-0.1, -0.05) is 23.7 Å². The molecule has 3 rings (SSSR count). The Morgan fingerprint density at radius 3 is 2.59 bits per heavy atom. The predicted molar refractivity (Wildman–Crippen MR) is 126 cm³/mol. The van der Waals surface area contributed by atoms with E-state index in [4.69, 9.17) is 11.6 Å². The highest BCUT2D eigenvalue weighted by Gasteiger charge is 2.15. The van der Waals surface area contributed by atoms with Gasteiger partial charge in [-0.05, 0) is 78.7 Å². The summed E-state index contributed by atoms with van der Waals surface area (Å²) < 4.78 is 3.14. The van der Waals surface area contributed by atoms with Crippen LogP contribution in [0.25, 0.3) is 5.69 Å². The number of carbonyl (C=O) groups excluding carboxylic acids is 1. The highest BCUT2D eigenvalue weighted by molar-refractivity contribution is 9.10. The van der Waals surface area contributed by atoms with E-state index in [1.807, 2.05) is 37.3 Å². The summed E-state index contributed by atoms with van der Waals surface area (Å²) in [6.07, 6.45) is 1.68. The first-order valence-corrected chi connectivity index (χ1v) is 11.2. The molecule has 0 saturated carbocycles. The fraction of sp³-hybridized carbons (Fsp3) is 0.182. The van der Waals surface area contributed by atoms with Crippen LogP contribution in [0.2, 0.25) is 5.02 Å². The van der Waals surface area contributed by atoms with Gasteiger partial charge in [0.05, 0.1) is 12.0 Å². The molecule has 0 aliphatic rings. The number of thioether (sulfide) groups is 1. The van der Waals surface area contributed by atoms with Crippen molar-refractivity contribution in [2.75, 3.05) is 5.75 Å². The number of hydrazone groups is 1. The number of aromatic nitrogens is 1. The van der Waals surface area contributed by atoms with Crippen molar-refractivity contribution >= 4 is 51.4 Å². The van der Waals surface area contributed by atoms with E-state index in [2.05, 4.69) is 63.1 Å². The molecule has 0 aliphatic carbocycles. The Labute approximate surface area is 188 Å². The van der Waals surface area contributed by atoms with Crippen molar-refractivity contribution in [2.24, 2.45) is 5.10 Å². The molecule has 0 bridgehead atoms. The summed E-state index contributed by atoms with van der Waals surface area (Å²) in [6.45, 7) is 6.17. The van der Waals surface area contributed by atoms with Gasteiger partial charge < -0.3 is 4.57 Å². The second-order valence-electron chi connectivity index (χ2n) is 6.61. The van der Waals surface area contributed by atoms with Gasteiger partial charge in [0.25, 0.3) is 0 Å². The molecule has 1 aromatic heterocycles. The molecule has 0 atom stereocenters. The van der Waals surface area contributed by atoms with Crippen molar-refractivity contribution < 1.29 is 4.79 Å². The summed E-state index contributed by atoms with van der Waals surface area (Å²) in [5.74, 6) is 0.118. The van der Waals surface area contributed by atoms with Gasteiger partial charge >= 0.3 is 0 Å². The summed E-state index contributed by atoms with van der Waals surface area (Å²) >= 11 is 11.0. The quantitative estimate of drug-likeness (QED) is 0.259. The fourth-order valence-corrected chi connectivity index (χ4v) is 4.39. The van der Waals surface area contributed by atoms with E-state index < -0.39 is 0 Å². The lowest BCUT2D eigenvalue weighted by molar-refractivity contribution is -0.118. The maximum absolute atomic E-state index is 12.1. The van der Waals surface area contributed by atoms with Crippen LogP contribution < -0.4 is 5.43 Å². The van der Waals surface area contributed by atoms with Gasteiger partial charge in [-0.25, -0.2) is 5.43 Å². The Kier molecular flexibility index (Phi) is 7.22. The number of hydrogen-bond donors (Lipinski definition) is 1. The van der Waals surface area contributed by atoms with Crippen LogP contribution in [0.15, 0.2) is 63.0 Å². The first-order valence-electron chi connectivity index (χ1n) is 9.01. The number of benzene rings is 2. The van der Waals surface area contributed by atoms with E-state index in [-0.39, 0.29) is 11.7 Å². The molecular formula is C22H21BrClN3OS. The van der Waals surface area contributed by atoms with E-state index in [1.165, 1.54) is 17.3 Å². The molecule has 1 amide bonds. The van der Waals surface area contributed by atoms with Gasteiger partial charge in [0.2, 0.25) is 5.91 Å². The normalized spacial score (nSPS) is 11.2. The molecule has 2 aromatic carbocycles. The van der Waals surface area contributed by atoms with Gasteiger partial charge in [0.1, 0.15) is 0 Å². The number of amides is 1. The van der Waals surface area contributed by atoms with Crippen LogP contribution in [0.1, 0.15) is 22.5 Å². The maximum Gasteiger partial charge on any atom is 0.250 e. The topological polar surface area (TPSA) is 46.4 Å². The SMILES string of the molecule is Cc1cccc(-n2c(C)c(Br)c(/C=N\NC(=O)CSc3ccc(Cl)cc3)c2C)c1. The molecule has 4 nitrogen and oxygen atoms in total. The zero-order valence-electron chi connectivity index (χ0n) is 16.4. The number of nitrogens with zero attached hydrogens (tertiary/aromatic N) is 2. The molecule has 7 heteroatoms. The molecule has 0 spiro atoms. The fourth-order valence-electron chi connectivity index (χ4n) is 3.01. The third-order valence-electron chi connectivity index (χ3n) is 4.44. The predicted octanol–water partition coefficient (Wildman–Crippen LogP) is 6.06. The Morgan fingerprint density at radius 1 is 1.17 bits per heavy atom. The number of halogens is 2. The molecule has 1 heterocycles. The van der Waals surface area contributed by atoms with Gasteiger partial charge in [0.15, 0.2) is 0 Å². The summed E-state index contributed by atoms with van der Waals surface area (Å²) in [4.78, 5) is 13.1. The molecule has 0 unspecified atom stereocenters. The average Bonchev–Trinajstić information content (AvgIpc) is 2.90. The minimum absolute atomic E-state index is 0.162. The van der Waals surface area contributed by atoms with Crippen molar-refractivity contribution in [3.8, 4) is 5.69 Å². The van der Waals surface area contributed by atoms with Crippen LogP contribution in [0.4, 0.5) is 0 Å². The lowest BCUT2D eigenvalue weighted by Crippen LogP contribution is -2.19. The van der Waals surface area contributed by atoms with E-state index in [1.54, 1.807) is 6.21 Å². The smallest absolute Gasteiger partial charge is 0.250 e. The second kappa shape index (κ2) is 9.65. The van der Waals surface area contributed by atoms with Crippen molar-refractivity contribution in [3.63, 3.8) is 0 Å². The molecule has 3 aromatic rings. The van der Waals surface area contributed by atoms with Crippen molar-refractivity contribution in [1.29, 1.82) is 0 Å². The number of rotatable bonds is 6. The first kappa shape index (κ1) is 21.7. The molecule has 29 heavy (non-hydrogen) atoms. The molecule has 1 N–H and O–H groups in total. The minimum atomic E-state index is -0.162. The van der Waals surface area contributed by atoms with Crippen LogP contribution in [0.3, 0.4) is 0 Å². The highest BCUT2D eigenvalue weighted by Crippen LogP contribution is 2.29. The average molecular weight is 491 g/mol. The molecule has 0 aliphatic heterocycles. The monoisotopic (exact) mass is 489 g/mol. The zero-order chi connectivity index (χ0) is 21.0. The third-order valence-corrected chi connectivity index (χ3v) is 6.71. The molecule has 0 fully saturated rings. The van der Waals surface area contributed by atoms with Crippen LogP contribution in [0, 0.1) is 20.8 Å². The largest absolute Gasteiger partial charge is 0.317 e. The van der Waals surface area contributed by atoms with Crippen molar-refractivity contribution in [2.45, 2.75) is 25.7 Å². The second-order valence-corrected chi connectivity index (χ2v) is 8.89. The third kappa shape index (κ3) is 5.32. The minimum Gasteiger partial charge on any atom is -0.317 e. The Balaban J connectivity index is 1.68. The first-order chi connectivity index (χ1) is 13.9. The molecule has 0 saturated heterocycles. The van der Waals surface area contributed by atoms with Crippen molar-refractivity contribution in [1.82, 2.24) is 9.99 Å². The Bertz CT molecular complexity index is 1060. The number of hydrogen-bond acceptors (Lipinski definition) is 3. The summed E-state index contributed by atoms with van der Waals surface area (Å²) in [5, 5.41) is 4.83. The standard InChI is InChI=1S/C22H21BrClN3OS/c1-14-5-4-6-18(11-14)27-15(2)20(22(23)16(27)3)12-25-26-21(28)13-29-19-9-7-17(24)8-10-19/h4-12H,13H2,1-3H3,(H,26,28)/b25-12-. The van der Waals surface area contributed by atoms with E-state index in [0.29, 0.717) is 5.02 Å². The van der Waals surface area contributed by atoms with E-state index in [9.17, 15) is 4.79 Å². The number of carbonyl (C=O) groups is 1. The van der Waals surface area contributed by atoms with Gasteiger partial charge in [-0.2, -0.15) is 5.10 Å². The van der Waals surface area contributed by atoms with Gasteiger partial charge in [-0.15, -0.1) is 11.8 Å². The van der Waals surface area contributed by atoms with Crippen LogP contribution in [-0.2, 0) is 4.79 Å². The number of nitrogens with one attached hydrogen (secondary N) is 1. The van der Waals surface area contributed by atoms with E-state index >= 15 is 0 Å². The lowest BCUT2D eigenvalue weighted by Gasteiger charge is -2.10. The molecular weight excluding hydrogens is 470 g/mol. The van der Waals surface area contributed by atoms with Crippen LogP contribution in [0.5, 0.6) is 0 Å². The summed E-state index contributed by atoms with van der Waals surface area (Å²) in [6, 6.07) is 15.7. The summed E-state index contributed by atoms with van der Waals surface area (Å²) in [7, 11) is 0. The molecule has 150 valence electrons.